The van der Waals surface area contributed by atoms with Crippen LogP contribution in [-0.2, 0) is 20.9 Å². The predicted octanol–water partition coefficient (Wildman–Crippen LogP) is 1.41. The van der Waals surface area contributed by atoms with Gasteiger partial charge in [-0.3, -0.25) is 19.2 Å². The molecule has 0 aromatic carbocycles. The lowest BCUT2D eigenvalue weighted by molar-refractivity contribution is -0.150. The van der Waals surface area contributed by atoms with E-state index in [0.717, 1.165) is 15.9 Å². The van der Waals surface area contributed by atoms with Gasteiger partial charge in [-0.1, -0.05) is 0 Å². The molecule has 2 atom stereocenters. The molecule has 0 radical (unpaired) electrons. The number of carboxylic acid groups (broad SMARTS) is 1. The molecule has 2 amide bonds. The normalized spacial score (nSPS) is 22.2. The Morgan fingerprint density at radius 2 is 2.08 bits per heavy atom. The molecule has 0 bridgehead atoms. The third-order valence-electron chi connectivity index (χ3n) is 4.52. The molecule has 0 aliphatic carbocycles. The minimum Gasteiger partial charge on any atom is -0.477 e. The molecule has 2 aliphatic rings. The topological polar surface area (TPSA) is 105 Å². The van der Waals surface area contributed by atoms with Gasteiger partial charge in [-0.2, -0.15) is 5.10 Å². The fraction of sp³-hybridized carbons (Fsp3) is 0.500. The van der Waals surface area contributed by atoms with Crippen molar-refractivity contribution < 1.29 is 19.5 Å². The molecule has 1 aromatic rings. The molecular weight excluding hydrogens is 424 g/mol. The summed E-state index contributed by atoms with van der Waals surface area (Å²) in [6.45, 7) is 5.91. The molecule has 140 valence electrons. The Morgan fingerprint density at radius 1 is 1.38 bits per heavy atom. The van der Waals surface area contributed by atoms with Gasteiger partial charge in [-0.15, -0.1) is 11.8 Å². The quantitative estimate of drug-likeness (QED) is 0.667. The summed E-state index contributed by atoms with van der Waals surface area (Å²) in [5, 5.41) is 16.0. The molecule has 2 N–H and O–H groups in total. The minimum atomic E-state index is -1.11. The number of amides is 2. The molecule has 0 unspecified atom stereocenters. The van der Waals surface area contributed by atoms with Gasteiger partial charge in [-0.05, 0) is 42.3 Å². The maximum atomic E-state index is 12.3. The zero-order valence-electron chi connectivity index (χ0n) is 14.6. The molecule has 1 fully saturated rings. The number of aliphatic carboxylic acids is 1. The fourth-order valence-electron chi connectivity index (χ4n) is 3.12. The van der Waals surface area contributed by atoms with E-state index >= 15 is 0 Å². The molecule has 0 spiro atoms. The summed E-state index contributed by atoms with van der Waals surface area (Å²) < 4.78 is 2.67. The third kappa shape index (κ3) is 3.16. The first-order valence-electron chi connectivity index (χ1n) is 8.09. The number of nitrogens with one attached hydrogen (secondary N) is 1. The van der Waals surface area contributed by atoms with E-state index in [1.54, 1.807) is 11.6 Å². The van der Waals surface area contributed by atoms with Crippen molar-refractivity contribution >= 4 is 45.5 Å². The summed E-state index contributed by atoms with van der Waals surface area (Å²) in [4.78, 5) is 37.3. The largest absolute Gasteiger partial charge is 0.477 e. The molecule has 2 aliphatic heterocycles. The van der Waals surface area contributed by atoms with Crippen molar-refractivity contribution in [2.45, 2.75) is 45.2 Å². The van der Waals surface area contributed by atoms with E-state index in [1.165, 1.54) is 16.7 Å². The Bertz CT molecular complexity index is 834. The van der Waals surface area contributed by atoms with Crippen molar-refractivity contribution in [3.05, 3.63) is 27.1 Å². The number of thioether (sulfide) groups is 1. The highest BCUT2D eigenvalue weighted by atomic mass is 79.9. The lowest BCUT2D eigenvalue weighted by Gasteiger charge is -2.49. The van der Waals surface area contributed by atoms with Gasteiger partial charge in [-0.25, -0.2) is 4.79 Å². The van der Waals surface area contributed by atoms with Crippen LogP contribution in [-0.4, -0.2) is 54.7 Å². The van der Waals surface area contributed by atoms with E-state index in [0.29, 0.717) is 17.9 Å². The van der Waals surface area contributed by atoms with Gasteiger partial charge in [0.2, 0.25) is 5.91 Å². The SMILES string of the molecule is CC1=C(C(=O)O)N2C(=O)[C@@H](NC(=O)CCn3nc(C)c(Br)c3C)[C@@H]2SC1. The molecular formula is C16H19BrN4O4S. The summed E-state index contributed by atoms with van der Waals surface area (Å²) in [7, 11) is 0. The standard InChI is InChI=1S/C16H19BrN4O4S/c1-7-6-26-15-12(14(23)21(15)13(7)16(24)25)18-10(22)4-5-20-9(3)11(17)8(2)19-20/h12,15H,4-6H2,1-3H3,(H,18,22)(H,24,25)/t12-,15+/m1/s1. The van der Waals surface area contributed by atoms with Gasteiger partial charge in [0.25, 0.3) is 5.91 Å². The maximum absolute atomic E-state index is 12.3. The third-order valence-corrected chi connectivity index (χ3v) is 7.09. The fourth-order valence-corrected chi connectivity index (χ4v) is 4.70. The number of halogens is 1. The van der Waals surface area contributed by atoms with Crippen LogP contribution in [0.3, 0.4) is 0 Å². The van der Waals surface area contributed by atoms with Crippen LogP contribution < -0.4 is 5.32 Å². The molecule has 3 heterocycles. The van der Waals surface area contributed by atoms with E-state index in [1.807, 2.05) is 13.8 Å². The first-order chi connectivity index (χ1) is 12.2. The second kappa shape index (κ2) is 7.07. The highest BCUT2D eigenvalue weighted by molar-refractivity contribution is 9.10. The van der Waals surface area contributed by atoms with Gasteiger partial charge in [0.15, 0.2) is 0 Å². The van der Waals surface area contributed by atoms with Crippen molar-refractivity contribution in [3.8, 4) is 0 Å². The summed E-state index contributed by atoms with van der Waals surface area (Å²) in [6.07, 6.45) is 0.191. The van der Waals surface area contributed by atoms with Crippen molar-refractivity contribution in [2.75, 3.05) is 5.75 Å². The molecule has 3 rings (SSSR count). The number of fused-ring (bicyclic) bond motifs is 1. The Morgan fingerprint density at radius 3 is 2.65 bits per heavy atom. The lowest BCUT2D eigenvalue weighted by atomic mass is 10.0. The number of aromatic nitrogens is 2. The van der Waals surface area contributed by atoms with E-state index in [9.17, 15) is 19.5 Å². The number of aryl methyl sites for hydroxylation is 2. The minimum absolute atomic E-state index is 0.0386. The Hall–Kier alpha value is -1.81. The monoisotopic (exact) mass is 442 g/mol. The van der Waals surface area contributed by atoms with Gasteiger partial charge < -0.3 is 10.4 Å². The van der Waals surface area contributed by atoms with Crippen molar-refractivity contribution in [1.82, 2.24) is 20.0 Å². The Kier molecular flexibility index (Phi) is 5.16. The first kappa shape index (κ1) is 19.0. The van der Waals surface area contributed by atoms with Gasteiger partial charge in [0.05, 0.1) is 16.7 Å². The summed E-state index contributed by atoms with van der Waals surface area (Å²) in [5.74, 6) is -1.21. The van der Waals surface area contributed by atoms with Gasteiger partial charge in [0, 0.05) is 17.9 Å². The Balaban J connectivity index is 1.60. The molecule has 1 aromatic heterocycles. The van der Waals surface area contributed by atoms with Crippen LogP contribution in [0, 0.1) is 13.8 Å². The van der Waals surface area contributed by atoms with Crippen LogP contribution >= 0.6 is 27.7 Å². The predicted molar refractivity (Wildman–Crippen MR) is 99.4 cm³/mol. The number of β-lactam (4-membered cyclic amide) rings is 1. The maximum Gasteiger partial charge on any atom is 0.352 e. The highest BCUT2D eigenvalue weighted by Crippen LogP contribution is 2.40. The van der Waals surface area contributed by atoms with Crippen LogP contribution in [0.4, 0.5) is 0 Å². The second-order valence-corrected chi connectivity index (χ2v) is 8.25. The summed E-state index contributed by atoms with van der Waals surface area (Å²) >= 11 is 4.91. The van der Waals surface area contributed by atoms with E-state index in [4.69, 9.17) is 0 Å². The van der Waals surface area contributed by atoms with Crippen LogP contribution in [0.5, 0.6) is 0 Å². The first-order valence-corrected chi connectivity index (χ1v) is 9.93. The molecule has 0 saturated carbocycles. The van der Waals surface area contributed by atoms with Crippen molar-refractivity contribution in [3.63, 3.8) is 0 Å². The second-order valence-electron chi connectivity index (χ2n) is 6.35. The molecule has 8 nitrogen and oxygen atoms in total. The number of hydrogen-bond donors (Lipinski definition) is 2. The zero-order chi connectivity index (χ0) is 19.2. The van der Waals surface area contributed by atoms with Crippen LogP contribution in [0.2, 0.25) is 0 Å². The molecule has 1 saturated heterocycles. The number of hydrogen-bond acceptors (Lipinski definition) is 5. The van der Waals surface area contributed by atoms with Crippen molar-refractivity contribution in [1.29, 1.82) is 0 Å². The molecule has 10 heteroatoms. The van der Waals surface area contributed by atoms with E-state index < -0.39 is 12.0 Å². The average molecular weight is 443 g/mol. The van der Waals surface area contributed by atoms with Gasteiger partial charge >= 0.3 is 5.97 Å². The zero-order valence-corrected chi connectivity index (χ0v) is 17.0. The molecule has 26 heavy (non-hydrogen) atoms. The number of carboxylic acids is 1. The highest BCUT2D eigenvalue weighted by Gasteiger charge is 2.53. The smallest absolute Gasteiger partial charge is 0.352 e. The number of carbonyl (C=O) groups is 3. The number of rotatable bonds is 5. The summed E-state index contributed by atoms with van der Waals surface area (Å²) in [5.41, 5.74) is 2.49. The van der Waals surface area contributed by atoms with E-state index in [2.05, 4.69) is 26.3 Å². The van der Waals surface area contributed by atoms with Crippen LogP contribution in [0.15, 0.2) is 15.7 Å². The Labute approximate surface area is 163 Å². The van der Waals surface area contributed by atoms with Gasteiger partial charge in [0.1, 0.15) is 17.1 Å². The average Bonchev–Trinajstić information content (AvgIpc) is 2.84. The lowest BCUT2D eigenvalue weighted by Crippen LogP contribution is -2.70. The van der Waals surface area contributed by atoms with Crippen LogP contribution in [0.1, 0.15) is 24.7 Å². The van der Waals surface area contributed by atoms with Crippen molar-refractivity contribution in [2.24, 2.45) is 0 Å². The number of nitrogens with zero attached hydrogens (tertiary/aromatic N) is 3. The van der Waals surface area contributed by atoms with Crippen LogP contribution in [0.25, 0.3) is 0 Å². The summed E-state index contributed by atoms with van der Waals surface area (Å²) in [6, 6.07) is -0.679. The number of carbonyl (C=O) groups excluding carboxylic acids is 2. The van der Waals surface area contributed by atoms with E-state index in [-0.39, 0.29) is 29.3 Å².